The van der Waals surface area contributed by atoms with E-state index < -0.39 is 0 Å². The minimum atomic E-state index is -0.138. The molecule has 136 valence electrons. The van der Waals surface area contributed by atoms with E-state index in [0.717, 1.165) is 4.47 Å². The van der Waals surface area contributed by atoms with Crippen LogP contribution in [0.2, 0.25) is 0 Å². The van der Waals surface area contributed by atoms with Crippen molar-refractivity contribution < 1.29 is 19.1 Å². The van der Waals surface area contributed by atoms with Gasteiger partial charge < -0.3 is 20.1 Å². The molecule has 2 aromatic rings. The van der Waals surface area contributed by atoms with Gasteiger partial charge in [-0.1, -0.05) is 18.2 Å². The predicted octanol–water partition coefficient (Wildman–Crippen LogP) is 3.37. The lowest BCUT2D eigenvalue weighted by Gasteiger charge is -2.20. The first-order valence-corrected chi connectivity index (χ1v) is 9.15. The van der Waals surface area contributed by atoms with Crippen molar-refractivity contribution in [2.24, 2.45) is 0 Å². The van der Waals surface area contributed by atoms with Gasteiger partial charge in [0.05, 0.1) is 5.69 Å². The number of anilines is 1. The lowest BCUT2D eigenvalue weighted by Crippen LogP contribution is -2.25. The molecule has 1 aliphatic rings. The summed E-state index contributed by atoms with van der Waals surface area (Å²) in [6, 6.07) is 12.5. The van der Waals surface area contributed by atoms with Crippen LogP contribution in [0.4, 0.5) is 5.69 Å². The average molecular weight is 419 g/mol. The first kappa shape index (κ1) is 18.3. The molecule has 6 nitrogen and oxygen atoms in total. The van der Waals surface area contributed by atoms with Crippen LogP contribution in [0.25, 0.3) is 0 Å². The second-order valence-electron chi connectivity index (χ2n) is 5.75. The molecule has 0 aliphatic carbocycles. The summed E-state index contributed by atoms with van der Waals surface area (Å²) in [5, 5.41) is 5.65. The standard InChI is InChI=1S/C19H19BrN2O4/c20-14-11-16-17(26-10-9-25-16)12-15(14)22-18(23)7-4-8-21-19(24)13-5-2-1-3-6-13/h1-3,5-6,11-12H,4,7-10H2,(H,21,24)(H,22,23). The molecule has 0 fully saturated rings. The topological polar surface area (TPSA) is 76.7 Å². The van der Waals surface area contributed by atoms with Gasteiger partial charge in [0.25, 0.3) is 5.91 Å². The molecule has 0 unspecified atom stereocenters. The van der Waals surface area contributed by atoms with Crippen molar-refractivity contribution in [1.29, 1.82) is 0 Å². The first-order chi connectivity index (χ1) is 12.6. The number of carbonyl (C=O) groups excluding carboxylic acids is 2. The van der Waals surface area contributed by atoms with Crippen molar-refractivity contribution in [1.82, 2.24) is 5.32 Å². The molecule has 0 saturated heterocycles. The van der Waals surface area contributed by atoms with Crippen molar-refractivity contribution in [3.05, 3.63) is 52.5 Å². The Morgan fingerprint density at radius 2 is 1.73 bits per heavy atom. The van der Waals surface area contributed by atoms with Crippen molar-refractivity contribution in [3.8, 4) is 11.5 Å². The molecular formula is C19H19BrN2O4. The lowest BCUT2D eigenvalue weighted by molar-refractivity contribution is -0.116. The van der Waals surface area contributed by atoms with Crippen molar-refractivity contribution in [2.45, 2.75) is 12.8 Å². The Balaban J connectivity index is 1.45. The van der Waals surface area contributed by atoms with Gasteiger partial charge in [-0.25, -0.2) is 0 Å². The molecule has 3 rings (SSSR count). The number of hydrogen-bond donors (Lipinski definition) is 2. The third-order valence-corrected chi connectivity index (χ3v) is 4.46. The second kappa shape index (κ2) is 8.71. The van der Waals surface area contributed by atoms with Gasteiger partial charge >= 0.3 is 0 Å². The molecule has 0 spiro atoms. The van der Waals surface area contributed by atoms with Crippen LogP contribution in [0.5, 0.6) is 11.5 Å². The normalized spacial score (nSPS) is 12.3. The molecule has 2 amide bonds. The number of benzene rings is 2. The summed E-state index contributed by atoms with van der Waals surface area (Å²) < 4.78 is 11.7. The van der Waals surface area contributed by atoms with Crippen LogP contribution >= 0.6 is 15.9 Å². The predicted molar refractivity (Wildman–Crippen MR) is 102 cm³/mol. The van der Waals surface area contributed by atoms with Gasteiger partial charge in [0, 0.05) is 35.1 Å². The molecule has 1 aliphatic heterocycles. The molecule has 26 heavy (non-hydrogen) atoms. The fraction of sp³-hybridized carbons (Fsp3) is 0.263. The van der Waals surface area contributed by atoms with Crippen LogP contribution in [0.1, 0.15) is 23.2 Å². The Hall–Kier alpha value is -2.54. The van der Waals surface area contributed by atoms with E-state index in [2.05, 4.69) is 26.6 Å². The van der Waals surface area contributed by atoms with Crippen LogP contribution in [0.3, 0.4) is 0 Å². The Morgan fingerprint density at radius 1 is 1.04 bits per heavy atom. The molecule has 7 heteroatoms. The molecule has 2 aromatic carbocycles. The maximum Gasteiger partial charge on any atom is 0.251 e. The Bertz CT molecular complexity index is 796. The Labute approximate surface area is 160 Å². The lowest BCUT2D eigenvalue weighted by atomic mass is 10.2. The van der Waals surface area contributed by atoms with Crippen LogP contribution in [-0.4, -0.2) is 31.6 Å². The zero-order valence-electron chi connectivity index (χ0n) is 14.1. The van der Waals surface area contributed by atoms with Gasteiger partial charge in [0.2, 0.25) is 5.91 Å². The third kappa shape index (κ3) is 4.76. The van der Waals surface area contributed by atoms with Gasteiger partial charge in [-0.3, -0.25) is 9.59 Å². The largest absolute Gasteiger partial charge is 0.486 e. The summed E-state index contributed by atoms with van der Waals surface area (Å²) >= 11 is 3.42. The van der Waals surface area contributed by atoms with Gasteiger partial charge in [0.15, 0.2) is 11.5 Å². The SMILES string of the molecule is O=C(CCCNC(=O)c1ccccc1)Nc1cc2c(cc1Br)OCCO2. The average Bonchev–Trinajstić information content (AvgIpc) is 2.66. The van der Waals surface area contributed by atoms with E-state index in [-0.39, 0.29) is 11.8 Å². The molecule has 0 radical (unpaired) electrons. The van der Waals surface area contributed by atoms with Gasteiger partial charge in [-0.05, 0) is 34.5 Å². The number of halogens is 1. The molecule has 0 saturated carbocycles. The fourth-order valence-electron chi connectivity index (χ4n) is 2.51. The summed E-state index contributed by atoms with van der Waals surface area (Å²) in [7, 11) is 0. The van der Waals surface area contributed by atoms with E-state index in [1.165, 1.54) is 0 Å². The van der Waals surface area contributed by atoms with Gasteiger partial charge in [-0.2, -0.15) is 0 Å². The minimum absolute atomic E-state index is 0.128. The summed E-state index contributed by atoms with van der Waals surface area (Å²) in [5.74, 6) is 1.01. The number of fused-ring (bicyclic) bond motifs is 1. The van der Waals surface area contributed by atoms with Gasteiger partial charge in [-0.15, -0.1) is 0 Å². The fourth-order valence-corrected chi connectivity index (χ4v) is 2.94. The molecule has 2 N–H and O–H groups in total. The highest BCUT2D eigenvalue weighted by atomic mass is 79.9. The minimum Gasteiger partial charge on any atom is -0.486 e. The van der Waals surface area contributed by atoms with E-state index in [0.29, 0.717) is 55.4 Å². The van der Waals surface area contributed by atoms with E-state index in [1.54, 1.807) is 24.3 Å². The van der Waals surface area contributed by atoms with E-state index in [4.69, 9.17) is 9.47 Å². The number of rotatable bonds is 6. The van der Waals surface area contributed by atoms with E-state index >= 15 is 0 Å². The van der Waals surface area contributed by atoms with E-state index in [1.807, 2.05) is 18.2 Å². The molecule has 0 aromatic heterocycles. The number of nitrogens with one attached hydrogen (secondary N) is 2. The Kier molecular flexibility index (Phi) is 6.12. The zero-order chi connectivity index (χ0) is 18.4. The molecule has 0 bridgehead atoms. The highest BCUT2D eigenvalue weighted by Crippen LogP contribution is 2.38. The molecule has 1 heterocycles. The maximum absolute atomic E-state index is 12.1. The zero-order valence-corrected chi connectivity index (χ0v) is 15.7. The summed E-state index contributed by atoms with van der Waals surface area (Å²) in [5.41, 5.74) is 1.24. The number of ether oxygens (including phenoxy) is 2. The number of carbonyl (C=O) groups is 2. The summed E-state index contributed by atoms with van der Waals surface area (Å²) in [4.78, 5) is 24.0. The second-order valence-corrected chi connectivity index (χ2v) is 6.60. The molecule has 0 atom stereocenters. The summed E-state index contributed by atoms with van der Waals surface area (Å²) in [6.45, 7) is 1.44. The van der Waals surface area contributed by atoms with E-state index in [9.17, 15) is 9.59 Å². The Morgan fingerprint density at radius 3 is 2.46 bits per heavy atom. The van der Waals surface area contributed by atoms with Crippen molar-refractivity contribution in [2.75, 3.05) is 25.1 Å². The highest BCUT2D eigenvalue weighted by molar-refractivity contribution is 9.10. The van der Waals surface area contributed by atoms with Crippen LogP contribution in [-0.2, 0) is 4.79 Å². The van der Waals surface area contributed by atoms with Gasteiger partial charge in [0.1, 0.15) is 13.2 Å². The third-order valence-electron chi connectivity index (χ3n) is 3.81. The highest BCUT2D eigenvalue weighted by Gasteiger charge is 2.16. The monoisotopic (exact) mass is 418 g/mol. The van der Waals surface area contributed by atoms with Crippen molar-refractivity contribution in [3.63, 3.8) is 0 Å². The number of amides is 2. The maximum atomic E-state index is 12.1. The summed E-state index contributed by atoms with van der Waals surface area (Å²) in [6.07, 6.45) is 0.850. The van der Waals surface area contributed by atoms with Crippen LogP contribution in [0, 0.1) is 0 Å². The smallest absolute Gasteiger partial charge is 0.251 e. The quantitative estimate of drug-likeness (QED) is 0.705. The van der Waals surface area contributed by atoms with Crippen molar-refractivity contribution >= 4 is 33.4 Å². The first-order valence-electron chi connectivity index (χ1n) is 8.36. The van der Waals surface area contributed by atoms with Crippen LogP contribution < -0.4 is 20.1 Å². The molecular weight excluding hydrogens is 400 g/mol. The number of hydrogen-bond acceptors (Lipinski definition) is 4. The van der Waals surface area contributed by atoms with Crippen LogP contribution in [0.15, 0.2) is 46.9 Å².